The van der Waals surface area contributed by atoms with Crippen molar-refractivity contribution in [3.05, 3.63) is 52.7 Å². The lowest BCUT2D eigenvalue weighted by atomic mass is 10.1. The number of rotatable bonds is 1. The zero-order valence-electron chi connectivity index (χ0n) is 9.71. The highest BCUT2D eigenvalue weighted by Gasteiger charge is 2.09. The van der Waals surface area contributed by atoms with Gasteiger partial charge in [-0.05, 0) is 6.92 Å². The minimum atomic E-state index is -0.268. The molecular weight excluding hydrogens is 228 g/mol. The number of aryl methyl sites for hydroxylation is 1. The monoisotopic (exact) mass is 238 g/mol. The lowest BCUT2D eigenvalue weighted by Gasteiger charge is -2.05. The summed E-state index contributed by atoms with van der Waals surface area (Å²) in [6.07, 6.45) is 1.34. The summed E-state index contributed by atoms with van der Waals surface area (Å²) in [7, 11) is 0. The third-order valence-corrected chi connectivity index (χ3v) is 2.70. The second-order valence-corrected chi connectivity index (χ2v) is 3.93. The Hall–Kier alpha value is -2.56. The summed E-state index contributed by atoms with van der Waals surface area (Å²) in [5.41, 5.74) is 2.80. The van der Waals surface area contributed by atoms with E-state index in [0.29, 0.717) is 11.3 Å². The summed E-state index contributed by atoms with van der Waals surface area (Å²) in [6.45, 7) is 1.83. The molecule has 0 spiro atoms. The molecule has 0 saturated heterocycles. The van der Waals surface area contributed by atoms with Crippen LogP contribution in [0.1, 0.15) is 5.69 Å². The first-order chi connectivity index (χ1) is 8.75. The molecule has 0 unspecified atom stereocenters. The minimum Gasteiger partial charge on any atom is -0.311 e. The third-order valence-electron chi connectivity index (χ3n) is 2.70. The highest BCUT2D eigenvalue weighted by molar-refractivity contribution is 5.73. The first-order valence-electron chi connectivity index (χ1n) is 5.53. The van der Waals surface area contributed by atoms with Crippen molar-refractivity contribution in [3.8, 4) is 11.3 Å². The van der Waals surface area contributed by atoms with Crippen LogP contribution in [0.25, 0.3) is 22.4 Å². The molecule has 0 atom stereocenters. The van der Waals surface area contributed by atoms with Crippen LogP contribution in [0.2, 0.25) is 0 Å². The average molecular weight is 238 g/mol. The van der Waals surface area contributed by atoms with Gasteiger partial charge in [0.1, 0.15) is 0 Å². The molecule has 88 valence electrons. The predicted molar refractivity (Wildman–Crippen MR) is 68.1 cm³/mol. The van der Waals surface area contributed by atoms with Crippen molar-refractivity contribution < 1.29 is 0 Å². The fourth-order valence-corrected chi connectivity index (χ4v) is 1.84. The summed E-state index contributed by atoms with van der Waals surface area (Å²) in [5, 5.41) is 0. The molecule has 3 aromatic rings. The van der Waals surface area contributed by atoms with Crippen LogP contribution in [-0.2, 0) is 0 Å². The van der Waals surface area contributed by atoms with Crippen molar-refractivity contribution in [2.45, 2.75) is 6.92 Å². The van der Waals surface area contributed by atoms with Gasteiger partial charge in [0.15, 0.2) is 11.2 Å². The van der Waals surface area contributed by atoms with Crippen LogP contribution >= 0.6 is 0 Å². The van der Waals surface area contributed by atoms with Crippen molar-refractivity contribution in [2.24, 2.45) is 0 Å². The topological polar surface area (TPSA) is 71.5 Å². The van der Waals surface area contributed by atoms with Crippen LogP contribution in [0, 0.1) is 6.92 Å². The van der Waals surface area contributed by atoms with Crippen LogP contribution in [0.5, 0.6) is 0 Å². The molecule has 0 fully saturated rings. The lowest BCUT2D eigenvalue weighted by molar-refractivity contribution is 1.09. The maximum atomic E-state index is 11.6. The van der Waals surface area contributed by atoms with Gasteiger partial charge < -0.3 is 4.98 Å². The highest BCUT2D eigenvalue weighted by Crippen LogP contribution is 2.20. The number of hydrogen-bond acceptors (Lipinski definition) is 4. The first-order valence-corrected chi connectivity index (χ1v) is 5.53. The molecule has 0 radical (unpaired) electrons. The Balaban J connectivity index is 2.33. The van der Waals surface area contributed by atoms with Gasteiger partial charge in [0.05, 0.1) is 17.7 Å². The Morgan fingerprint density at radius 2 is 1.89 bits per heavy atom. The van der Waals surface area contributed by atoms with Gasteiger partial charge in [-0.15, -0.1) is 0 Å². The minimum absolute atomic E-state index is 0.268. The molecule has 5 nitrogen and oxygen atoms in total. The first kappa shape index (κ1) is 10.6. The van der Waals surface area contributed by atoms with Crippen LogP contribution in [0.3, 0.4) is 0 Å². The van der Waals surface area contributed by atoms with E-state index in [4.69, 9.17) is 0 Å². The number of aromatic nitrogens is 4. The number of nitrogens with one attached hydrogen (secondary N) is 1. The van der Waals surface area contributed by atoms with Crippen molar-refractivity contribution in [3.63, 3.8) is 0 Å². The second-order valence-electron chi connectivity index (χ2n) is 3.93. The summed E-state index contributed by atoms with van der Waals surface area (Å²) >= 11 is 0. The summed E-state index contributed by atoms with van der Waals surface area (Å²) in [6, 6.07) is 9.72. The van der Waals surface area contributed by atoms with Gasteiger partial charge in [-0.3, -0.25) is 4.79 Å². The number of benzene rings is 1. The fourth-order valence-electron chi connectivity index (χ4n) is 1.84. The number of aromatic amines is 1. The zero-order valence-corrected chi connectivity index (χ0v) is 9.71. The van der Waals surface area contributed by atoms with Gasteiger partial charge in [-0.25, -0.2) is 15.0 Å². The number of fused-ring (bicyclic) bond motifs is 1. The smallest absolute Gasteiger partial charge is 0.278 e. The third kappa shape index (κ3) is 1.66. The predicted octanol–water partition coefficient (Wildman–Crippen LogP) is 1.69. The second kappa shape index (κ2) is 4.03. The van der Waals surface area contributed by atoms with Crippen molar-refractivity contribution in [1.82, 2.24) is 19.9 Å². The van der Waals surface area contributed by atoms with Crippen LogP contribution in [-0.4, -0.2) is 19.9 Å². The number of nitrogens with zero attached hydrogens (tertiary/aromatic N) is 3. The maximum absolute atomic E-state index is 11.6. The van der Waals surface area contributed by atoms with Gasteiger partial charge in [0, 0.05) is 5.56 Å². The Kier molecular flexibility index (Phi) is 2.37. The van der Waals surface area contributed by atoms with Gasteiger partial charge >= 0.3 is 0 Å². The zero-order chi connectivity index (χ0) is 12.5. The summed E-state index contributed by atoms with van der Waals surface area (Å²) < 4.78 is 0. The molecule has 0 aliphatic heterocycles. The molecule has 2 aromatic heterocycles. The average Bonchev–Trinajstić information content (AvgIpc) is 2.40. The Morgan fingerprint density at radius 1 is 1.11 bits per heavy atom. The molecule has 1 aromatic carbocycles. The normalized spacial score (nSPS) is 10.7. The van der Waals surface area contributed by atoms with Crippen molar-refractivity contribution >= 4 is 11.2 Å². The molecule has 1 N–H and O–H groups in total. The van der Waals surface area contributed by atoms with Gasteiger partial charge in [-0.1, -0.05) is 30.3 Å². The van der Waals surface area contributed by atoms with Crippen molar-refractivity contribution in [1.29, 1.82) is 0 Å². The van der Waals surface area contributed by atoms with Crippen LogP contribution in [0.4, 0.5) is 0 Å². The number of H-pyrrole nitrogens is 1. The largest absolute Gasteiger partial charge is 0.311 e. The molecule has 0 bridgehead atoms. The number of hydrogen-bond donors (Lipinski definition) is 1. The highest BCUT2D eigenvalue weighted by atomic mass is 16.1. The van der Waals surface area contributed by atoms with E-state index in [9.17, 15) is 4.79 Å². The van der Waals surface area contributed by atoms with E-state index in [0.717, 1.165) is 11.3 Å². The van der Waals surface area contributed by atoms with Crippen LogP contribution in [0.15, 0.2) is 41.5 Å². The molecule has 0 saturated carbocycles. The molecule has 2 heterocycles. The fraction of sp³-hybridized carbons (Fsp3) is 0.0769. The molecule has 3 rings (SSSR count). The van der Waals surface area contributed by atoms with E-state index in [1.165, 1.54) is 6.33 Å². The lowest BCUT2D eigenvalue weighted by Crippen LogP contribution is -2.10. The van der Waals surface area contributed by atoms with Gasteiger partial charge in [0.25, 0.3) is 5.56 Å². The molecule has 5 heteroatoms. The molecule has 0 aliphatic rings. The standard InChI is InChI=1S/C13H10N4O/c1-8-10(9-5-3-2-4-6-9)17-12-11(16-8)13(18)15-7-14-12/h2-7H,1H3,(H,14,15,17,18). The van der Waals surface area contributed by atoms with Crippen molar-refractivity contribution in [2.75, 3.05) is 0 Å². The maximum Gasteiger partial charge on any atom is 0.278 e. The SMILES string of the molecule is Cc1nc2c(=O)[nH]cnc2nc1-c1ccccc1. The quantitative estimate of drug-likeness (QED) is 0.700. The Bertz CT molecular complexity index is 765. The Labute approximate surface area is 103 Å². The molecular formula is C13H10N4O. The molecule has 0 aliphatic carbocycles. The van der Waals surface area contributed by atoms with E-state index in [2.05, 4.69) is 19.9 Å². The van der Waals surface area contributed by atoms with Gasteiger partial charge in [-0.2, -0.15) is 0 Å². The van der Waals surface area contributed by atoms with E-state index in [1.54, 1.807) is 0 Å². The molecule has 0 amide bonds. The summed E-state index contributed by atoms with van der Waals surface area (Å²) in [5.74, 6) is 0. The van der Waals surface area contributed by atoms with E-state index in [1.807, 2.05) is 37.3 Å². The van der Waals surface area contributed by atoms with Crippen LogP contribution < -0.4 is 5.56 Å². The van der Waals surface area contributed by atoms with E-state index in [-0.39, 0.29) is 11.1 Å². The van der Waals surface area contributed by atoms with E-state index >= 15 is 0 Å². The molecule has 18 heavy (non-hydrogen) atoms. The van der Waals surface area contributed by atoms with E-state index < -0.39 is 0 Å². The Morgan fingerprint density at radius 3 is 2.67 bits per heavy atom. The summed E-state index contributed by atoms with van der Waals surface area (Å²) in [4.78, 5) is 26.8. The van der Waals surface area contributed by atoms with Gasteiger partial charge in [0.2, 0.25) is 0 Å².